The van der Waals surface area contributed by atoms with Gasteiger partial charge in [0.25, 0.3) is 5.91 Å². The van der Waals surface area contributed by atoms with Gasteiger partial charge < -0.3 is 5.32 Å². The van der Waals surface area contributed by atoms with Gasteiger partial charge in [0, 0.05) is 27.3 Å². The number of amides is 1. The van der Waals surface area contributed by atoms with Crippen LogP contribution in [0.3, 0.4) is 0 Å². The van der Waals surface area contributed by atoms with Gasteiger partial charge in [0.2, 0.25) is 0 Å². The van der Waals surface area contributed by atoms with Crippen molar-refractivity contribution in [2.24, 2.45) is 4.99 Å². The van der Waals surface area contributed by atoms with E-state index in [9.17, 15) is 9.18 Å². The number of halogens is 1. The number of nitrogens with zero attached hydrogens (tertiary/aromatic N) is 1. The van der Waals surface area contributed by atoms with Crippen molar-refractivity contribution in [3.05, 3.63) is 131 Å². The van der Waals surface area contributed by atoms with E-state index in [1.807, 2.05) is 87.5 Å². The van der Waals surface area contributed by atoms with Crippen LogP contribution in [0, 0.1) is 5.82 Å². The van der Waals surface area contributed by atoms with Gasteiger partial charge in [-0.25, -0.2) is 9.38 Å². The summed E-state index contributed by atoms with van der Waals surface area (Å²) in [4.78, 5) is 19.1. The Hall–Kier alpha value is -3.70. The second-order valence-corrected chi connectivity index (χ2v) is 9.22. The Balaban J connectivity index is 0.00000148. The molecule has 4 aromatic carbocycles. The van der Waals surface area contributed by atoms with Crippen molar-refractivity contribution in [2.75, 3.05) is 0 Å². The first kappa shape index (κ1) is 25.4. The number of fused-ring (bicyclic) bond motifs is 2. The van der Waals surface area contributed by atoms with E-state index in [0.29, 0.717) is 5.56 Å². The number of hydrogen-bond acceptors (Lipinski definition) is 3. The van der Waals surface area contributed by atoms with Crippen LogP contribution in [0.2, 0.25) is 0 Å². The molecule has 5 heteroatoms. The lowest BCUT2D eigenvalue weighted by Gasteiger charge is -2.18. The molecule has 0 saturated carbocycles. The Morgan fingerprint density at radius 1 is 0.917 bits per heavy atom. The third-order valence-corrected chi connectivity index (χ3v) is 6.99. The van der Waals surface area contributed by atoms with Crippen LogP contribution in [0.1, 0.15) is 59.4 Å². The third kappa shape index (κ3) is 5.74. The van der Waals surface area contributed by atoms with Gasteiger partial charge in [0.15, 0.2) is 0 Å². The number of aliphatic imine (C=N–C) groups is 1. The van der Waals surface area contributed by atoms with Crippen molar-refractivity contribution in [3.8, 4) is 0 Å². The maximum atomic E-state index is 13.6. The van der Waals surface area contributed by atoms with Crippen molar-refractivity contribution < 1.29 is 9.18 Å². The number of rotatable bonds is 4. The highest BCUT2D eigenvalue weighted by atomic mass is 32.2. The minimum absolute atomic E-state index is 0.116. The molecule has 1 amide bonds. The highest BCUT2D eigenvalue weighted by Gasteiger charge is 2.19. The van der Waals surface area contributed by atoms with Gasteiger partial charge >= 0.3 is 0 Å². The minimum Gasteiger partial charge on any atom is -0.346 e. The molecule has 5 rings (SSSR count). The Morgan fingerprint density at radius 3 is 2.36 bits per heavy atom. The molecule has 0 aliphatic carbocycles. The molecule has 182 valence electrons. The topological polar surface area (TPSA) is 41.5 Å². The van der Waals surface area contributed by atoms with Crippen LogP contribution in [-0.2, 0) is 5.75 Å². The van der Waals surface area contributed by atoms with E-state index in [1.54, 1.807) is 23.9 Å². The van der Waals surface area contributed by atoms with Crippen LogP contribution in [0.4, 0.5) is 10.1 Å². The molecule has 1 aliphatic heterocycles. The maximum Gasteiger partial charge on any atom is 0.251 e. The van der Waals surface area contributed by atoms with Gasteiger partial charge in [-0.3, -0.25) is 4.79 Å². The van der Waals surface area contributed by atoms with Crippen LogP contribution < -0.4 is 5.32 Å². The Bertz CT molecular complexity index is 1370. The summed E-state index contributed by atoms with van der Waals surface area (Å²) in [7, 11) is 0. The lowest BCUT2D eigenvalue weighted by atomic mass is 9.97. The molecule has 0 saturated heterocycles. The fourth-order valence-corrected chi connectivity index (χ4v) is 4.99. The summed E-state index contributed by atoms with van der Waals surface area (Å²) < 4.78 is 13.6. The quantitative estimate of drug-likeness (QED) is 0.310. The van der Waals surface area contributed by atoms with Crippen molar-refractivity contribution >= 4 is 29.1 Å². The standard InChI is InChI=1S/C29H23FN2OS.C2H6/c1-19(20-7-3-2-4-8-20)31-29(33)22-13-16-27-26(17-22)32-28(21-11-14-24(30)15-12-21)25-10-6-5-9-23(25)18-34-27;1-2/h2-17,19H,18H2,1H3,(H,31,33);1-2H3. The number of nitrogens with one attached hydrogen (secondary N) is 1. The number of carbonyl (C=O) groups is 1. The smallest absolute Gasteiger partial charge is 0.251 e. The predicted octanol–water partition coefficient (Wildman–Crippen LogP) is 8.12. The zero-order chi connectivity index (χ0) is 25.5. The number of hydrogen-bond donors (Lipinski definition) is 1. The van der Waals surface area contributed by atoms with Crippen molar-refractivity contribution in [1.29, 1.82) is 0 Å². The summed E-state index contributed by atoms with van der Waals surface area (Å²) >= 11 is 1.70. The second kappa shape index (κ2) is 11.8. The van der Waals surface area contributed by atoms with Crippen LogP contribution in [-0.4, -0.2) is 11.6 Å². The molecule has 1 N–H and O–H groups in total. The van der Waals surface area contributed by atoms with Crippen LogP contribution >= 0.6 is 11.8 Å². The fourth-order valence-electron chi connectivity index (χ4n) is 4.01. The van der Waals surface area contributed by atoms with Crippen molar-refractivity contribution in [2.45, 2.75) is 37.5 Å². The summed E-state index contributed by atoms with van der Waals surface area (Å²) in [6.45, 7) is 5.97. The molecule has 0 radical (unpaired) electrons. The first-order chi connectivity index (χ1) is 17.6. The van der Waals surface area contributed by atoms with E-state index in [1.165, 1.54) is 17.7 Å². The Kier molecular flexibility index (Phi) is 8.34. The van der Waals surface area contributed by atoms with Crippen LogP contribution in [0.15, 0.2) is 107 Å². The van der Waals surface area contributed by atoms with Crippen molar-refractivity contribution in [3.63, 3.8) is 0 Å². The molecule has 36 heavy (non-hydrogen) atoms. The summed E-state index contributed by atoms with van der Waals surface area (Å²) in [5.74, 6) is 0.344. The minimum atomic E-state index is -0.286. The lowest BCUT2D eigenvalue weighted by Crippen LogP contribution is -2.26. The highest BCUT2D eigenvalue weighted by molar-refractivity contribution is 7.98. The average Bonchev–Trinajstić information content (AvgIpc) is 2.92. The zero-order valence-corrected chi connectivity index (χ0v) is 21.5. The first-order valence-corrected chi connectivity index (χ1v) is 13.1. The molecule has 0 spiro atoms. The van der Waals surface area contributed by atoms with Crippen LogP contribution in [0.5, 0.6) is 0 Å². The summed E-state index contributed by atoms with van der Waals surface area (Å²) in [5, 5.41) is 3.08. The van der Waals surface area contributed by atoms with Gasteiger partial charge in [-0.05, 0) is 60.5 Å². The predicted molar refractivity (Wildman–Crippen MR) is 148 cm³/mol. The van der Waals surface area contributed by atoms with E-state index >= 15 is 0 Å². The summed E-state index contributed by atoms with van der Waals surface area (Å²) in [5.41, 5.74) is 6.12. The normalized spacial score (nSPS) is 12.9. The molecule has 0 fully saturated rings. The lowest BCUT2D eigenvalue weighted by molar-refractivity contribution is 0.0940. The van der Waals surface area contributed by atoms with E-state index in [2.05, 4.69) is 11.4 Å². The average molecular weight is 497 g/mol. The molecule has 3 nitrogen and oxygen atoms in total. The summed E-state index contributed by atoms with van der Waals surface area (Å²) in [6.07, 6.45) is 0. The first-order valence-electron chi connectivity index (χ1n) is 12.1. The molecular formula is C31H29FN2OS. The van der Waals surface area contributed by atoms with Gasteiger partial charge in [0.05, 0.1) is 17.4 Å². The molecule has 0 aromatic heterocycles. The van der Waals surface area contributed by atoms with Crippen molar-refractivity contribution in [1.82, 2.24) is 5.32 Å². The Labute approximate surface area is 216 Å². The summed E-state index contributed by atoms with van der Waals surface area (Å²) in [6, 6.07) is 29.9. The maximum absolute atomic E-state index is 13.6. The molecule has 1 unspecified atom stereocenters. The highest BCUT2D eigenvalue weighted by Crippen LogP contribution is 2.37. The Morgan fingerprint density at radius 2 is 1.61 bits per heavy atom. The van der Waals surface area contributed by atoms with Gasteiger partial charge in [-0.15, -0.1) is 11.8 Å². The van der Waals surface area contributed by atoms with E-state index < -0.39 is 0 Å². The molecular weight excluding hydrogens is 467 g/mol. The largest absolute Gasteiger partial charge is 0.346 e. The third-order valence-electron chi connectivity index (χ3n) is 5.87. The zero-order valence-electron chi connectivity index (χ0n) is 20.7. The number of benzene rings is 4. The number of thioether (sulfide) groups is 1. The molecule has 1 aliphatic rings. The SMILES string of the molecule is CC.CC(NC(=O)c1ccc2c(c1)N=C(c1ccc(F)cc1)c1ccccc1CS2)c1ccccc1. The fraction of sp³-hybridized carbons (Fsp3) is 0.161. The van der Waals surface area contributed by atoms with E-state index in [4.69, 9.17) is 4.99 Å². The van der Waals surface area contributed by atoms with Gasteiger partial charge in [-0.1, -0.05) is 68.4 Å². The van der Waals surface area contributed by atoms with Gasteiger partial charge in [0.1, 0.15) is 5.82 Å². The monoisotopic (exact) mass is 496 g/mol. The van der Waals surface area contributed by atoms with E-state index in [-0.39, 0.29) is 17.8 Å². The number of carbonyl (C=O) groups excluding carboxylic acids is 1. The molecule has 1 heterocycles. The molecule has 4 aromatic rings. The van der Waals surface area contributed by atoms with Crippen LogP contribution in [0.25, 0.3) is 0 Å². The second-order valence-electron chi connectivity index (χ2n) is 8.20. The molecule has 0 bridgehead atoms. The molecule has 1 atom stereocenters. The van der Waals surface area contributed by atoms with E-state index in [0.717, 1.165) is 38.7 Å². The van der Waals surface area contributed by atoms with Gasteiger partial charge in [-0.2, -0.15) is 0 Å².